The van der Waals surface area contributed by atoms with Crippen molar-refractivity contribution in [2.24, 2.45) is 0 Å². The number of phenolic OH excluding ortho intramolecular Hbond substituents is 1. The van der Waals surface area contributed by atoms with Crippen molar-refractivity contribution in [3.05, 3.63) is 72.3 Å². The van der Waals surface area contributed by atoms with E-state index in [0.29, 0.717) is 24.4 Å². The smallest absolute Gasteiger partial charge is 0.508 e. The van der Waals surface area contributed by atoms with E-state index in [1.54, 1.807) is 21.3 Å². The van der Waals surface area contributed by atoms with Gasteiger partial charge in [0, 0.05) is 53.9 Å². The molecular weight excluding hydrogens is 552 g/mol. The van der Waals surface area contributed by atoms with Gasteiger partial charge in [-0.2, -0.15) is 0 Å². The van der Waals surface area contributed by atoms with Crippen molar-refractivity contribution < 1.29 is 46.3 Å². The van der Waals surface area contributed by atoms with Gasteiger partial charge in [-0.05, 0) is 47.9 Å². The fraction of sp³-hybridized carbons (Fsp3) is 0.393. The average Bonchev–Trinajstić information content (AvgIpc) is 3.00. The van der Waals surface area contributed by atoms with Gasteiger partial charge in [0.25, 0.3) is 0 Å². The van der Waals surface area contributed by atoms with Gasteiger partial charge in [0.1, 0.15) is 12.4 Å². The quantitative estimate of drug-likeness (QED) is 0.212. The second kappa shape index (κ2) is 16.6. The highest BCUT2D eigenvalue weighted by Gasteiger charge is 2.42. The van der Waals surface area contributed by atoms with E-state index in [1.807, 2.05) is 24.3 Å². The molecule has 2 N–H and O–H groups in total. The molecule has 0 saturated heterocycles. The SMILES string of the molecule is CO[Si](CCCC(O)COC(=O)c1ccc(O)cc1)(OC)OC.CO[Si](OC)(OC)c1cccc2ccccc12. The van der Waals surface area contributed by atoms with Crippen LogP contribution in [0.4, 0.5) is 0 Å². The number of carbonyl (C=O) groups excluding carboxylic acids is 1. The summed E-state index contributed by atoms with van der Waals surface area (Å²) in [7, 11) is 4.10. The fourth-order valence-electron chi connectivity index (χ4n) is 4.12. The highest BCUT2D eigenvalue weighted by atomic mass is 28.4. The second-order valence-corrected chi connectivity index (χ2v) is 14.6. The molecular formula is C28H40O10Si2. The Hall–Kier alpha value is -2.66. The Balaban J connectivity index is 0.000000292. The molecule has 1 atom stereocenters. The van der Waals surface area contributed by atoms with E-state index in [-0.39, 0.29) is 12.4 Å². The van der Waals surface area contributed by atoms with Crippen LogP contribution in [0.25, 0.3) is 10.8 Å². The van der Waals surface area contributed by atoms with E-state index >= 15 is 0 Å². The maximum absolute atomic E-state index is 11.8. The van der Waals surface area contributed by atoms with Crippen molar-refractivity contribution in [2.45, 2.75) is 25.0 Å². The number of aliphatic hydroxyl groups excluding tert-OH is 1. The van der Waals surface area contributed by atoms with Gasteiger partial charge in [0.2, 0.25) is 0 Å². The maximum atomic E-state index is 11.8. The Kier molecular flexibility index (Phi) is 13.9. The predicted molar refractivity (Wildman–Crippen MR) is 156 cm³/mol. The van der Waals surface area contributed by atoms with Crippen molar-refractivity contribution in [1.82, 2.24) is 0 Å². The molecule has 10 nitrogen and oxygen atoms in total. The zero-order valence-corrected chi connectivity index (χ0v) is 25.9. The number of hydrogen-bond donors (Lipinski definition) is 2. The Morgan fingerprint density at radius 1 is 0.775 bits per heavy atom. The summed E-state index contributed by atoms with van der Waals surface area (Å²) in [6.07, 6.45) is 0.293. The normalized spacial score (nSPS) is 12.5. The van der Waals surface area contributed by atoms with E-state index in [4.69, 9.17) is 36.4 Å². The molecule has 0 spiro atoms. The largest absolute Gasteiger partial charge is 0.537 e. The van der Waals surface area contributed by atoms with Crippen LogP contribution in [0, 0.1) is 0 Å². The first-order valence-electron chi connectivity index (χ1n) is 12.7. The summed E-state index contributed by atoms with van der Waals surface area (Å²) < 4.78 is 37.5. The molecule has 0 aromatic heterocycles. The lowest BCUT2D eigenvalue weighted by Crippen LogP contribution is -2.54. The molecule has 0 bridgehead atoms. The third-order valence-corrected chi connectivity index (χ3v) is 11.9. The molecule has 40 heavy (non-hydrogen) atoms. The number of aromatic hydroxyl groups is 1. The van der Waals surface area contributed by atoms with E-state index in [2.05, 4.69) is 18.2 Å². The van der Waals surface area contributed by atoms with Gasteiger partial charge < -0.3 is 41.5 Å². The van der Waals surface area contributed by atoms with Crippen LogP contribution < -0.4 is 5.19 Å². The van der Waals surface area contributed by atoms with Gasteiger partial charge in [-0.25, -0.2) is 4.79 Å². The highest BCUT2D eigenvalue weighted by Crippen LogP contribution is 2.18. The van der Waals surface area contributed by atoms with Gasteiger partial charge in [-0.15, -0.1) is 0 Å². The highest BCUT2D eigenvalue weighted by molar-refractivity contribution is 6.77. The van der Waals surface area contributed by atoms with Crippen LogP contribution in [0.3, 0.4) is 0 Å². The van der Waals surface area contributed by atoms with Gasteiger partial charge in [0.05, 0.1) is 11.7 Å². The Morgan fingerprint density at radius 3 is 1.93 bits per heavy atom. The zero-order valence-electron chi connectivity index (χ0n) is 23.9. The average molecular weight is 593 g/mol. The van der Waals surface area contributed by atoms with Crippen LogP contribution in [0.5, 0.6) is 5.75 Å². The number of benzene rings is 3. The van der Waals surface area contributed by atoms with Gasteiger partial charge >= 0.3 is 23.6 Å². The molecule has 0 radical (unpaired) electrons. The molecule has 3 aromatic rings. The molecule has 0 heterocycles. The Labute approximate surface area is 238 Å². The minimum atomic E-state index is -2.76. The maximum Gasteiger partial charge on any atom is 0.537 e. The lowest BCUT2D eigenvalue weighted by Gasteiger charge is -2.25. The third-order valence-electron chi connectivity index (χ3n) is 6.39. The van der Waals surface area contributed by atoms with E-state index in [1.165, 1.54) is 45.6 Å². The lowest BCUT2D eigenvalue weighted by molar-refractivity contribution is 0.0232. The molecule has 12 heteroatoms. The minimum Gasteiger partial charge on any atom is -0.508 e. The molecule has 3 rings (SSSR count). The van der Waals surface area contributed by atoms with Crippen LogP contribution in [0.2, 0.25) is 6.04 Å². The number of ether oxygens (including phenoxy) is 1. The summed E-state index contributed by atoms with van der Waals surface area (Å²) in [4.78, 5) is 11.8. The Morgan fingerprint density at radius 2 is 1.35 bits per heavy atom. The number of phenols is 1. The van der Waals surface area contributed by atoms with Crippen LogP contribution >= 0.6 is 0 Å². The van der Waals surface area contributed by atoms with Crippen molar-refractivity contribution >= 4 is 39.5 Å². The van der Waals surface area contributed by atoms with Gasteiger partial charge in [-0.3, -0.25) is 0 Å². The van der Waals surface area contributed by atoms with Crippen molar-refractivity contribution in [2.75, 3.05) is 49.3 Å². The summed E-state index contributed by atoms with van der Waals surface area (Å²) in [5.74, 6) is -0.470. The van der Waals surface area contributed by atoms with Crippen LogP contribution in [-0.2, 0) is 31.3 Å². The molecule has 0 aliphatic carbocycles. The number of carbonyl (C=O) groups is 1. The fourth-order valence-corrected chi connectivity index (χ4v) is 7.89. The van der Waals surface area contributed by atoms with E-state index < -0.39 is 29.7 Å². The molecule has 220 valence electrons. The summed E-state index contributed by atoms with van der Waals surface area (Å²) in [5.41, 5.74) is 0.319. The molecule has 0 saturated carbocycles. The standard InChI is InChI=1S/C15H24O7Si.C13H16O3Si/c1-19-23(20-2,21-3)10-4-5-14(17)11-22-15(18)12-6-8-13(16)9-7-12;1-14-17(15-2,16-3)13-10-6-8-11-7-4-5-9-12(11)13/h6-9,14,16-17H,4-5,10-11H2,1-3H3;4-10H,1-3H3. The summed E-state index contributed by atoms with van der Waals surface area (Å²) in [6, 6.07) is 20.5. The predicted octanol–water partition coefficient (Wildman–Crippen LogP) is 3.49. The number of aliphatic hydroxyl groups is 1. The first-order valence-corrected chi connectivity index (χ1v) is 16.3. The molecule has 0 amide bonds. The van der Waals surface area contributed by atoms with Gasteiger partial charge in [0.15, 0.2) is 0 Å². The topological polar surface area (TPSA) is 122 Å². The first-order chi connectivity index (χ1) is 19.2. The van der Waals surface area contributed by atoms with Gasteiger partial charge in [-0.1, -0.05) is 42.5 Å². The Bertz CT molecular complexity index is 1150. The zero-order chi connectivity index (χ0) is 29.6. The first kappa shape index (κ1) is 33.5. The van der Waals surface area contributed by atoms with Crippen molar-refractivity contribution in [3.63, 3.8) is 0 Å². The summed E-state index contributed by atoms with van der Waals surface area (Å²) in [6.45, 7) is -0.0960. The molecule has 1 unspecified atom stereocenters. The second-order valence-electron chi connectivity index (χ2n) is 8.68. The van der Waals surface area contributed by atoms with E-state index in [0.717, 1.165) is 16.0 Å². The summed E-state index contributed by atoms with van der Waals surface area (Å²) in [5, 5.41) is 22.3. The van der Waals surface area contributed by atoms with Crippen LogP contribution in [0.15, 0.2) is 66.7 Å². The third kappa shape index (κ3) is 8.93. The molecule has 0 aliphatic rings. The van der Waals surface area contributed by atoms with Crippen molar-refractivity contribution in [3.8, 4) is 5.75 Å². The lowest BCUT2D eigenvalue weighted by atomic mass is 10.1. The van der Waals surface area contributed by atoms with Crippen LogP contribution in [-0.4, -0.2) is 89.2 Å². The number of rotatable bonds is 14. The monoisotopic (exact) mass is 592 g/mol. The number of esters is 1. The molecule has 0 aliphatic heterocycles. The molecule has 0 fully saturated rings. The number of fused-ring (bicyclic) bond motifs is 1. The van der Waals surface area contributed by atoms with E-state index in [9.17, 15) is 9.90 Å². The van der Waals surface area contributed by atoms with Crippen molar-refractivity contribution in [1.29, 1.82) is 0 Å². The van der Waals surface area contributed by atoms with Crippen LogP contribution in [0.1, 0.15) is 23.2 Å². The minimum absolute atomic E-state index is 0.0728. The molecule has 3 aromatic carbocycles. The summed E-state index contributed by atoms with van der Waals surface area (Å²) >= 11 is 0. The number of hydrogen-bond acceptors (Lipinski definition) is 10.